The van der Waals surface area contributed by atoms with Crippen LogP contribution in [0.5, 0.6) is 0 Å². The van der Waals surface area contributed by atoms with Crippen molar-refractivity contribution in [2.24, 2.45) is 5.73 Å². The van der Waals surface area contributed by atoms with Crippen LogP contribution in [0.2, 0.25) is 0 Å². The Bertz CT molecular complexity index is 483. The summed E-state index contributed by atoms with van der Waals surface area (Å²) in [7, 11) is -3.10. The number of hydrogen-bond acceptors (Lipinski definition) is 3. The van der Waals surface area contributed by atoms with Gasteiger partial charge in [-0.05, 0) is 17.7 Å². The lowest BCUT2D eigenvalue weighted by atomic mass is 10.1. The summed E-state index contributed by atoms with van der Waals surface area (Å²) in [5, 5.41) is -0.497. The minimum Gasteiger partial charge on any atom is -0.326 e. The molecular weight excluding hydrogens is 229 g/mol. The minimum absolute atomic E-state index is 0.100. The highest BCUT2D eigenvalue weighted by molar-refractivity contribution is 7.92. The summed E-state index contributed by atoms with van der Waals surface area (Å²) in [5.74, 6) is -0.401. The van der Waals surface area contributed by atoms with Crippen LogP contribution in [-0.4, -0.2) is 25.5 Å². The predicted octanol–water partition coefficient (Wildman–Crippen LogP) is 1.05. The normalized spacial score (nSPS) is 29.1. The molecule has 0 saturated heterocycles. The second kappa shape index (κ2) is 3.82. The van der Waals surface area contributed by atoms with E-state index < -0.39 is 15.1 Å². The van der Waals surface area contributed by atoms with Gasteiger partial charge in [0.05, 0.1) is 5.25 Å². The topological polar surface area (TPSA) is 60.2 Å². The molecule has 88 valence electrons. The molecule has 2 N–H and O–H groups in total. The van der Waals surface area contributed by atoms with Crippen LogP contribution in [0.1, 0.15) is 18.4 Å². The average Bonchev–Trinajstić information content (AvgIpc) is 2.92. The molecule has 0 heterocycles. The van der Waals surface area contributed by atoms with Gasteiger partial charge in [-0.3, -0.25) is 0 Å². The second-order valence-corrected chi connectivity index (χ2v) is 6.52. The van der Waals surface area contributed by atoms with E-state index in [1.54, 1.807) is 19.1 Å². The SMILES string of the molecule is CCS(=O)(=O)C1C(N)C1c1ccc(F)cc1. The molecule has 16 heavy (non-hydrogen) atoms. The number of benzene rings is 1. The Balaban J connectivity index is 2.24. The van der Waals surface area contributed by atoms with Crippen LogP contribution in [0.4, 0.5) is 4.39 Å². The van der Waals surface area contributed by atoms with Crippen LogP contribution in [0.3, 0.4) is 0 Å². The van der Waals surface area contributed by atoms with E-state index in [2.05, 4.69) is 0 Å². The fraction of sp³-hybridized carbons (Fsp3) is 0.455. The summed E-state index contributed by atoms with van der Waals surface area (Å²) < 4.78 is 36.1. The molecule has 0 aromatic heterocycles. The highest BCUT2D eigenvalue weighted by Gasteiger charge is 2.55. The van der Waals surface area contributed by atoms with Gasteiger partial charge in [-0.2, -0.15) is 0 Å². The Morgan fingerprint density at radius 2 is 1.88 bits per heavy atom. The molecular formula is C11H14FNO2S. The molecule has 1 aliphatic rings. The first-order valence-corrected chi connectivity index (χ1v) is 6.91. The van der Waals surface area contributed by atoms with Gasteiger partial charge in [0.2, 0.25) is 0 Å². The largest absolute Gasteiger partial charge is 0.326 e. The first-order chi connectivity index (χ1) is 7.47. The van der Waals surface area contributed by atoms with E-state index in [1.807, 2.05) is 0 Å². The van der Waals surface area contributed by atoms with Crippen molar-refractivity contribution in [3.8, 4) is 0 Å². The summed E-state index contributed by atoms with van der Waals surface area (Å²) in [4.78, 5) is 0. The van der Waals surface area contributed by atoms with Crippen molar-refractivity contribution in [2.45, 2.75) is 24.1 Å². The quantitative estimate of drug-likeness (QED) is 0.863. The zero-order chi connectivity index (χ0) is 11.9. The summed E-state index contributed by atoms with van der Waals surface area (Å²) in [6.45, 7) is 1.61. The van der Waals surface area contributed by atoms with E-state index in [-0.39, 0.29) is 23.5 Å². The van der Waals surface area contributed by atoms with Crippen molar-refractivity contribution in [1.82, 2.24) is 0 Å². The first-order valence-electron chi connectivity index (χ1n) is 5.20. The fourth-order valence-electron chi connectivity index (χ4n) is 2.06. The molecule has 0 spiro atoms. The van der Waals surface area contributed by atoms with Crippen LogP contribution in [-0.2, 0) is 9.84 Å². The molecule has 0 aliphatic heterocycles. The Hall–Kier alpha value is -0.940. The van der Waals surface area contributed by atoms with Gasteiger partial charge in [0.1, 0.15) is 5.82 Å². The van der Waals surface area contributed by atoms with E-state index >= 15 is 0 Å². The molecule has 5 heteroatoms. The molecule has 1 fully saturated rings. The maximum Gasteiger partial charge on any atom is 0.155 e. The van der Waals surface area contributed by atoms with Crippen molar-refractivity contribution in [3.05, 3.63) is 35.6 Å². The van der Waals surface area contributed by atoms with Crippen LogP contribution < -0.4 is 5.73 Å². The van der Waals surface area contributed by atoms with Crippen LogP contribution in [0.15, 0.2) is 24.3 Å². The molecule has 0 radical (unpaired) electrons. The predicted molar refractivity (Wildman–Crippen MR) is 60.4 cm³/mol. The highest BCUT2D eigenvalue weighted by atomic mass is 32.2. The Labute approximate surface area is 94.4 Å². The summed E-state index contributed by atoms with van der Waals surface area (Å²) in [5.41, 5.74) is 6.57. The Morgan fingerprint density at radius 3 is 2.38 bits per heavy atom. The van der Waals surface area contributed by atoms with Gasteiger partial charge in [0.25, 0.3) is 0 Å². The third-order valence-corrected chi connectivity index (χ3v) is 5.32. The molecule has 3 atom stereocenters. The van der Waals surface area contributed by atoms with Gasteiger partial charge in [-0.25, -0.2) is 12.8 Å². The maximum atomic E-state index is 12.7. The minimum atomic E-state index is -3.10. The zero-order valence-electron chi connectivity index (χ0n) is 8.93. The van der Waals surface area contributed by atoms with Crippen LogP contribution in [0.25, 0.3) is 0 Å². The number of nitrogens with two attached hydrogens (primary N) is 1. The Kier molecular flexibility index (Phi) is 2.75. The maximum absolute atomic E-state index is 12.7. The first kappa shape index (κ1) is 11.5. The zero-order valence-corrected chi connectivity index (χ0v) is 9.75. The highest BCUT2D eigenvalue weighted by Crippen LogP contribution is 2.44. The van der Waals surface area contributed by atoms with Crippen molar-refractivity contribution >= 4 is 9.84 Å². The average molecular weight is 243 g/mol. The summed E-state index contributed by atoms with van der Waals surface area (Å²) >= 11 is 0. The van der Waals surface area contributed by atoms with Crippen molar-refractivity contribution in [3.63, 3.8) is 0 Å². The molecule has 1 aliphatic carbocycles. The van der Waals surface area contributed by atoms with Crippen molar-refractivity contribution in [2.75, 3.05) is 5.75 Å². The number of hydrogen-bond donors (Lipinski definition) is 1. The number of sulfone groups is 1. The molecule has 1 aromatic carbocycles. The fourth-order valence-corrected chi connectivity index (χ4v) is 3.79. The van der Waals surface area contributed by atoms with Crippen molar-refractivity contribution in [1.29, 1.82) is 0 Å². The van der Waals surface area contributed by atoms with E-state index in [1.165, 1.54) is 12.1 Å². The smallest absolute Gasteiger partial charge is 0.155 e. The van der Waals surface area contributed by atoms with Gasteiger partial charge >= 0.3 is 0 Å². The molecule has 1 saturated carbocycles. The van der Waals surface area contributed by atoms with Gasteiger partial charge in [0, 0.05) is 17.7 Å². The molecule has 2 rings (SSSR count). The third-order valence-electron chi connectivity index (χ3n) is 3.08. The third kappa shape index (κ3) is 1.85. The van der Waals surface area contributed by atoms with E-state index in [9.17, 15) is 12.8 Å². The van der Waals surface area contributed by atoms with Crippen LogP contribution in [0, 0.1) is 5.82 Å². The number of rotatable bonds is 3. The lowest BCUT2D eigenvalue weighted by Gasteiger charge is -2.00. The standard InChI is InChI=1S/C11H14FNO2S/c1-2-16(14,15)11-9(10(11)13)7-3-5-8(12)6-4-7/h3-6,9-11H,2,13H2,1H3. The Morgan fingerprint density at radius 1 is 1.31 bits per heavy atom. The van der Waals surface area contributed by atoms with Crippen molar-refractivity contribution < 1.29 is 12.8 Å². The lowest BCUT2D eigenvalue weighted by molar-refractivity contribution is 0.594. The van der Waals surface area contributed by atoms with E-state index in [0.29, 0.717) is 0 Å². The van der Waals surface area contributed by atoms with Gasteiger partial charge in [-0.15, -0.1) is 0 Å². The monoisotopic (exact) mass is 243 g/mol. The van der Waals surface area contributed by atoms with E-state index in [4.69, 9.17) is 5.73 Å². The molecule has 0 amide bonds. The van der Waals surface area contributed by atoms with E-state index in [0.717, 1.165) is 5.56 Å². The molecule has 1 aromatic rings. The van der Waals surface area contributed by atoms with Gasteiger partial charge in [0.15, 0.2) is 9.84 Å². The van der Waals surface area contributed by atoms with Gasteiger partial charge < -0.3 is 5.73 Å². The summed E-state index contributed by atoms with van der Waals surface area (Å²) in [6, 6.07) is 5.51. The molecule has 0 bridgehead atoms. The lowest BCUT2D eigenvalue weighted by Crippen LogP contribution is -2.17. The van der Waals surface area contributed by atoms with Crippen LogP contribution >= 0.6 is 0 Å². The summed E-state index contributed by atoms with van der Waals surface area (Å²) in [6.07, 6.45) is 0. The second-order valence-electron chi connectivity index (χ2n) is 4.07. The van der Waals surface area contributed by atoms with Gasteiger partial charge in [-0.1, -0.05) is 19.1 Å². The molecule has 3 unspecified atom stereocenters. The number of halogens is 1. The molecule has 3 nitrogen and oxygen atoms in total.